The Morgan fingerprint density at radius 2 is 1.96 bits per heavy atom. The fraction of sp³-hybridized carbons (Fsp3) is 0.611. The zero-order valence-corrected chi connectivity index (χ0v) is 15.4. The molecule has 1 aromatic rings. The largest absolute Gasteiger partial charge is 0.450 e. The van der Waals surface area contributed by atoms with Crippen LogP contribution in [0.5, 0.6) is 0 Å². The second kappa shape index (κ2) is 9.25. The van der Waals surface area contributed by atoms with E-state index in [2.05, 4.69) is 16.8 Å². The van der Waals surface area contributed by atoms with Crippen molar-refractivity contribution < 1.29 is 14.3 Å². The third kappa shape index (κ3) is 5.08. The Morgan fingerprint density at radius 1 is 1.24 bits per heavy atom. The van der Waals surface area contributed by atoms with Gasteiger partial charge in [-0.2, -0.15) is 0 Å². The molecule has 0 atom stereocenters. The number of carbonyl (C=O) groups excluding carboxylic acids is 2. The fourth-order valence-electron chi connectivity index (χ4n) is 2.77. The van der Waals surface area contributed by atoms with Crippen LogP contribution in [0.3, 0.4) is 0 Å². The Kier molecular flexibility index (Phi) is 7.03. The summed E-state index contributed by atoms with van der Waals surface area (Å²) in [5.74, 6) is 0.792. The summed E-state index contributed by atoms with van der Waals surface area (Å²) in [7, 11) is 1.83. The number of nitrogens with zero attached hydrogens (tertiary/aromatic N) is 4. The van der Waals surface area contributed by atoms with Crippen LogP contribution in [0, 0.1) is 0 Å². The Bertz CT molecular complexity index is 585. The van der Waals surface area contributed by atoms with Crippen molar-refractivity contribution in [3.63, 3.8) is 0 Å². The minimum absolute atomic E-state index is 0.0160. The van der Waals surface area contributed by atoms with Crippen molar-refractivity contribution in [2.45, 2.75) is 26.7 Å². The van der Waals surface area contributed by atoms with E-state index in [-0.39, 0.29) is 12.0 Å². The summed E-state index contributed by atoms with van der Waals surface area (Å²) < 4.78 is 5.03. The molecule has 2 amide bonds. The molecule has 1 aliphatic heterocycles. The van der Waals surface area contributed by atoms with Crippen LogP contribution >= 0.6 is 0 Å². The summed E-state index contributed by atoms with van der Waals surface area (Å²) in [6.07, 6.45) is 3.46. The zero-order chi connectivity index (χ0) is 18.2. The molecule has 0 N–H and O–H groups in total. The van der Waals surface area contributed by atoms with E-state index in [1.165, 1.54) is 0 Å². The highest BCUT2D eigenvalue weighted by Gasteiger charge is 2.23. The highest BCUT2D eigenvalue weighted by Crippen LogP contribution is 2.16. The SMILES string of the molecule is CCCCN(C)C(=O)c1ccnc(N2CCN(C(=O)OCC)CC2)c1. The number of carbonyl (C=O) groups is 2. The molecule has 138 valence electrons. The Balaban J connectivity index is 1.98. The molecule has 1 saturated heterocycles. The highest BCUT2D eigenvalue weighted by atomic mass is 16.6. The van der Waals surface area contributed by atoms with Gasteiger partial charge in [-0.1, -0.05) is 13.3 Å². The maximum atomic E-state index is 12.5. The molecule has 0 saturated carbocycles. The summed E-state index contributed by atoms with van der Waals surface area (Å²) in [5.41, 5.74) is 0.649. The summed E-state index contributed by atoms with van der Waals surface area (Å²) in [6, 6.07) is 3.59. The van der Waals surface area contributed by atoms with Gasteiger partial charge in [-0.3, -0.25) is 4.79 Å². The molecular weight excluding hydrogens is 320 g/mol. The molecule has 1 aromatic heterocycles. The number of ether oxygens (including phenoxy) is 1. The first-order chi connectivity index (χ1) is 12.1. The Labute approximate surface area is 149 Å². The van der Waals surface area contributed by atoms with E-state index in [9.17, 15) is 9.59 Å². The number of aromatic nitrogens is 1. The van der Waals surface area contributed by atoms with Crippen molar-refractivity contribution >= 4 is 17.8 Å². The first kappa shape index (κ1) is 19.0. The molecule has 7 nitrogen and oxygen atoms in total. The van der Waals surface area contributed by atoms with Gasteiger partial charge >= 0.3 is 6.09 Å². The van der Waals surface area contributed by atoms with Crippen LogP contribution in [0.2, 0.25) is 0 Å². The second-order valence-corrected chi connectivity index (χ2v) is 6.16. The van der Waals surface area contributed by atoms with Gasteiger partial charge in [0, 0.05) is 51.5 Å². The fourth-order valence-corrected chi connectivity index (χ4v) is 2.77. The van der Waals surface area contributed by atoms with Gasteiger partial charge in [0.2, 0.25) is 0 Å². The molecule has 25 heavy (non-hydrogen) atoms. The van der Waals surface area contributed by atoms with Crippen LogP contribution in [-0.4, -0.2) is 73.2 Å². The number of piperazine rings is 1. The van der Waals surface area contributed by atoms with E-state index < -0.39 is 0 Å². The summed E-state index contributed by atoms with van der Waals surface area (Å²) in [5, 5.41) is 0. The average molecular weight is 348 g/mol. The monoisotopic (exact) mass is 348 g/mol. The van der Waals surface area contributed by atoms with Crippen molar-refractivity contribution in [1.29, 1.82) is 0 Å². The molecular formula is C18H28N4O3. The van der Waals surface area contributed by atoms with E-state index in [0.29, 0.717) is 38.3 Å². The smallest absolute Gasteiger partial charge is 0.409 e. The highest BCUT2D eigenvalue weighted by molar-refractivity contribution is 5.94. The van der Waals surface area contributed by atoms with Gasteiger partial charge in [0.1, 0.15) is 5.82 Å². The third-order valence-electron chi connectivity index (χ3n) is 4.32. The van der Waals surface area contributed by atoms with Gasteiger partial charge in [-0.25, -0.2) is 9.78 Å². The molecule has 0 spiro atoms. The Morgan fingerprint density at radius 3 is 2.60 bits per heavy atom. The third-order valence-corrected chi connectivity index (χ3v) is 4.32. The lowest BCUT2D eigenvalue weighted by atomic mass is 10.2. The van der Waals surface area contributed by atoms with Crippen molar-refractivity contribution in [2.24, 2.45) is 0 Å². The average Bonchev–Trinajstić information content (AvgIpc) is 2.66. The van der Waals surface area contributed by atoms with Crippen molar-refractivity contribution in [1.82, 2.24) is 14.8 Å². The predicted octanol–water partition coefficient (Wildman–Crippen LogP) is 2.23. The first-order valence-electron chi connectivity index (χ1n) is 8.95. The lowest BCUT2D eigenvalue weighted by Gasteiger charge is -2.34. The molecule has 1 fully saturated rings. The van der Waals surface area contributed by atoms with Crippen LogP contribution in [-0.2, 0) is 4.74 Å². The number of hydrogen-bond acceptors (Lipinski definition) is 5. The molecule has 0 bridgehead atoms. The molecule has 0 aliphatic carbocycles. The minimum Gasteiger partial charge on any atom is -0.450 e. The molecule has 7 heteroatoms. The van der Waals surface area contributed by atoms with E-state index >= 15 is 0 Å². The number of anilines is 1. The maximum absolute atomic E-state index is 12.5. The summed E-state index contributed by atoms with van der Waals surface area (Å²) in [4.78, 5) is 34.2. The van der Waals surface area contributed by atoms with E-state index in [1.54, 1.807) is 29.0 Å². The second-order valence-electron chi connectivity index (χ2n) is 6.16. The first-order valence-corrected chi connectivity index (χ1v) is 8.95. The van der Waals surface area contributed by atoms with Crippen LogP contribution in [0.15, 0.2) is 18.3 Å². The van der Waals surface area contributed by atoms with E-state index in [0.717, 1.165) is 25.2 Å². The molecule has 0 radical (unpaired) electrons. The van der Waals surface area contributed by atoms with E-state index in [1.807, 2.05) is 13.1 Å². The van der Waals surface area contributed by atoms with Gasteiger partial charge in [-0.05, 0) is 25.5 Å². The normalized spacial score (nSPS) is 14.4. The molecule has 0 aromatic carbocycles. The van der Waals surface area contributed by atoms with Crippen LogP contribution in [0.4, 0.5) is 10.6 Å². The van der Waals surface area contributed by atoms with Crippen LogP contribution in [0.1, 0.15) is 37.0 Å². The standard InChI is InChI=1S/C18H28N4O3/c1-4-6-9-20(3)17(23)15-7-8-19-16(14-15)21-10-12-22(13-11-21)18(24)25-5-2/h7-8,14H,4-6,9-13H2,1-3H3. The number of pyridine rings is 1. The molecule has 1 aliphatic rings. The van der Waals surface area contributed by atoms with Gasteiger partial charge in [0.25, 0.3) is 5.91 Å². The minimum atomic E-state index is -0.267. The number of unbranched alkanes of at least 4 members (excludes halogenated alkanes) is 1. The van der Waals surface area contributed by atoms with E-state index in [4.69, 9.17) is 4.74 Å². The quantitative estimate of drug-likeness (QED) is 0.789. The van der Waals surface area contributed by atoms with Crippen LogP contribution in [0.25, 0.3) is 0 Å². The molecule has 2 rings (SSSR count). The lowest BCUT2D eigenvalue weighted by Crippen LogP contribution is -2.49. The molecule has 0 unspecified atom stereocenters. The van der Waals surface area contributed by atoms with Crippen LogP contribution < -0.4 is 4.90 Å². The maximum Gasteiger partial charge on any atom is 0.409 e. The number of amides is 2. The predicted molar refractivity (Wildman–Crippen MR) is 96.9 cm³/mol. The zero-order valence-electron chi connectivity index (χ0n) is 15.4. The van der Waals surface area contributed by atoms with Gasteiger partial charge in [0.15, 0.2) is 0 Å². The molecule has 2 heterocycles. The topological polar surface area (TPSA) is 66.0 Å². The number of hydrogen-bond donors (Lipinski definition) is 0. The van der Waals surface area contributed by atoms with Gasteiger partial charge < -0.3 is 19.4 Å². The van der Waals surface area contributed by atoms with Crippen molar-refractivity contribution in [3.05, 3.63) is 23.9 Å². The number of rotatable bonds is 6. The summed E-state index contributed by atoms with van der Waals surface area (Å²) in [6.45, 7) is 7.59. The van der Waals surface area contributed by atoms with Crippen molar-refractivity contribution in [3.8, 4) is 0 Å². The Hall–Kier alpha value is -2.31. The van der Waals surface area contributed by atoms with Gasteiger partial charge in [-0.15, -0.1) is 0 Å². The lowest BCUT2D eigenvalue weighted by molar-refractivity contribution is 0.0793. The van der Waals surface area contributed by atoms with Gasteiger partial charge in [0.05, 0.1) is 6.61 Å². The summed E-state index contributed by atoms with van der Waals surface area (Å²) >= 11 is 0. The van der Waals surface area contributed by atoms with Crippen molar-refractivity contribution in [2.75, 3.05) is 51.3 Å².